The number of rotatable bonds is 10. The van der Waals surface area contributed by atoms with E-state index in [0.717, 1.165) is 5.56 Å². The van der Waals surface area contributed by atoms with Crippen LogP contribution in [0.15, 0.2) is 30.3 Å². The van der Waals surface area contributed by atoms with E-state index < -0.39 is 48.3 Å². The summed E-state index contributed by atoms with van der Waals surface area (Å²) in [5.41, 5.74) is 0.855. The van der Waals surface area contributed by atoms with Gasteiger partial charge < -0.3 is 25.7 Å². The van der Waals surface area contributed by atoms with Gasteiger partial charge in [-0.05, 0) is 24.3 Å². The average Bonchev–Trinajstić information content (AvgIpc) is 3.25. The van der Waals surface area contributed by atoms with Gasteiger partial charge in [-0.15, -0.1) is 0 Å². The monoisotopic (exact) mass is 433 g/mol. The van der Waals surface area contributed by atoms with Crippen molar-refractivity contribution in [2.45, 2.75) is 64.3 Å². The summed E-state index contributed by atoms with van der Waals surface area (Å²) in [7, 11) is 0. The Balaban J connectivity index is 1.94. The standard InChI is InChI=1S/C22H31N3O6/c1-3-14(2)19(21(29)25-11-7-10-16(25)22(30)31)24-18(27)12-17(26)20(28)23-13-15-8-5-4-6-9-15/h4-6,8-9,14,16-17,19,26H,3,7,10-13H2,1-2H3,(H,23,28)(H,24,27)(H,30,31)/t14-,16-,17-,19-/m0/s1. The van der Waals surface area contributed by atoms with Crippen molar-refractivity contribution in [3.8, 4) is 0 Å². The van der Waals surface area contributed by atoms with E-state index in [1.165, 1.54) is 4.90 Å². The Labute approximate surface area is 181 Å². The Hall–Kier alpha value is -2.94. The Kier molecular flexibility index (Phi) is 8.99. The number of benzene rings is 1. The summed E-state index contributed by atoms with van der Waals surface area (Å²) in [4.78, 5) is 50.3. The second-order valence-corrected chi connectivity index (χ2v) is 7.88. The molecule has 0 unspecified atom stereocenters. The van der Waals surface area contributed by atoms with E-state index >= 15 is 0 Å². The third-order valence-electron chi connectivity index (χ3n) is 5.61. The Morgan fingerprint density at radius 1 is 1.19 bits per heavy atom. The van der Waals surface area contributed by atoms with E-state index in [1.54, 1.807) is 6.92 Å². The SMILES string of the molecule is CC[C@H](C)[C@H](NC(=O)C[C@H](O)C(=O)NCc1ccccc1)C(=O)N1CCC[C@H]1C(=O)O. The number of aliphatic hydroxyl groups is 1. The molecule has 1 heterocycles. The molecule has 1 aliphatic rings. The van der Waals surface area contributed by atoms with Gasteiger partial charge in [-0.3, -0.25) is 14.4 Å². The van der Waals surface area contributed by atoms with Gasteiger partial charge in [0.25, 0.3) is 0 Å². The topological polar surface area (TPSA) is 136 Å². The van der Waals surface area contributed by atoms with Crippen molar-refractivity contribution in [2.75, 3.05) is 6.54 Å². The minimum atomic E-state index is -1.56. The highest BCUT2D eigenvalue weighted by Gasteiger charge is 2.39. The lowest BCUT2D eigenvalue weighted by Gasteiger charge is -2.30. The van der Waals surface area contributed by atoms with Crippen molar-refractivity contribution >= 4 is 23.7 Å². The zero-order valence-electron chi connectivity index (χ0n) is 17.9. The molecule has 0 spiro atoms. The van der Waals surface area contributed by atoms with Crippen LogP contribution in [0.3, 0.4) is 0 Å². The van der Waals surface area contributed by atoms with Crippen LogP contribution >= 0.6 is 0 Å². The first-order chi connectivity index (χ1) is 14.7. The first kappa shape index (κ1) is 24.3. The van der Waals surface area contributed by atoms with Crippen molar-refractivity contribution in [1.82, 2.24) is 15.5 Å². The van der Waals surface area contributed by atoms with Crippen molar-refractivity contribution in [3.63, 3.8) is 0 Å². The van der Waals surface area contributed by atoms with Crippen LogP contribution in [0.25, 0.3) is 0 Å². The van der Waals surface area contributed by atoms with E-state index in [-0.39, 0.29) is 12.5 Å². The summed E-state index contributed by atoms with van der Waals surface area (Å²) in [6.45, 7) is 4.19. The molecular weight excluding hydrogens is 402 g/mol. The maximum absolute atomic E-state index is 13.0. The molecule has 1 aromatic rings. The summed E-state index contributed by atoms with van der Waals surface area (Å²) >= 11 is 0. The molecule has 0 radical (unpaired) electrons. The number of hydrogen-bond acceptors (Lipinski definition) is 5. The third kappa shape index (κ3) is 6.78. The van der Waals surface area contributed by atoms with Crippen LogP contribution < -0.4 is 10.6 Å². The second-order valence-electron chi connectivity index (χ2n) is 7.88. The van der Waals surface area contributed by atoms with Crippen molar-refractivity contribution in [2.24, 2.45) is 5.92 Å². The number of nitrogens with one attached hydrogen (secondary N) is 2. The Bertz CT molecular complexity index is 785. The molecule has 4 N–H and O–H groups in total. The molecule has 1 aromatic carbocycles. The van der Waals surface area contributed by atoms with E-state index in [2.05, 4.69) is 10.6 Å². The normalized spacial score (nSPS) is 18.7. The lowest BCUT2D eigenvalue weighted by molar-refractivity contribution is -0.150. The molecule has 0 saturated carbocycles. The second kappa shape index (κ2) is 11.5. The molecule has 1 saturated heterocycles. The predicted octanol–water partition coefficient (Wildman–Crippen LogP) is 0.660. The molecule has 9 nitrogen and oxygen atoms in total. The summed E-state index contributed by atoms with van der Waals surface area (Å²) in [5, 5.41) is 24.6. The van der Waals surface area contributed by atoms with Crippen molar-refractivity contribution < 1.29 is 29.4 Å². The number of aliphatic hydroxyl groups excluding tert-OH is 1. The van der Waals surface area contributed by atoms with Gasteiger partial charge in [0.15, 0.2) is 0 Å². The van der Waals surface area contributed by atoms with Crippen LogP contribution in [0.2, 0.25) is 0 Å². The van der Waals surface area contributed by atoms with E-state index in [4.69, 9.17) is 0 Å². The number of carbonyl (C=O) groups excluding carboxylic acids is 3. The summed E-state index contributed by atoms with van der Waals surface area (Å²) in [5.74, 6) is -3.08. The zero-order chi connectivity index (χ0) is 23.0. The molecule has 1 fully saturated rings. The molecule has 0 bridgehead atoms. The minimum Gasteiger partial charge on any atom is -0.480 e. The maximum atomic E-state index is 13.0. The quantitative estimate of drug-likeness (QED) is 0.428. The Morgan fingerprint density at radius 3 is 2.48 bits per heavy atom. The number of likely N-dealkylation sites (tertiary alicyclic amines) is 1. The van der Waals surface area contributed by atoms with Crippen LogP contribution in [0.1, 0.15) is 45.1 Å². The summed E-state index contributed by atoms with van der Waals surface area (Å²) < 4.78 is 0. The molecule has 0 aliphatic carbocycles. The van der Waals surface area contributed by atoms with Gasteiger partial charge in [-0.2, -0.15) is 0 Å². The molecule has 0 aromatic heterocycles. The van der Waals surface area contributed by atoms with Gasteiger partial charge in [0.1, 0.15) is 18.2 Å². The molecule has 4 atom stereocenters. The van der Waals surface area contributed by atoms with Gasteiger partial charge >= 0.3 is 5.97 Å². The molecule has 3 amide bonds. The maximum Gasteiger partial charge on any atom is 0.326 e. The molecule has 9 heteroatoms. The molecule has 2 rings (SSSR count). The number of carboxylic acid groups (broad SMARTS) is 1. The number of hydrogen-bond donors (Lipinski definition) is 4. The molecule has 170 valence electrons. The highest BCUT2D eigenvalue weighted by molar-refractivity contribution is 5.92. The lowest BCUT2D eigenvalue weighted by Crippen LogP contribution is -2.54. The first-order valence-electron chi connectivity index (χ1n) is 10.6. The third-order valence-corrected chi connectivity index (χ3v) is 5.61. The van der Waals surface area contributed by atoms with Crippen LogP contribution in [0.4, 0.5) is 0 Å². The van der Waals surface area contributed by atoms with E-state index in [9.17, 15) is 29.4 Å². The van der Waals surface area contributed by atoms with Crippen molar-refractivity contribution in [1.29, 1.82) is 0 Å². The fraction of sp³-hybridized carbons (Fsp3) is 0.545. The van der Waals surface area contributed by atoms with Crippen LogP contribution in [-0.4, -0.2) is 63.5 Å². The predicted molar refractivity (Wildman–Crippen MR) is 113 cm³/mol. The summed E-state index contributed by atoms with van der Waals surface area (Å²) in [6, 6.07) is 7.33. The lowest BCUT2D eigenvalue weighted by atomic mass is 9.97. The fourth-order valence-corrected chi connectivity index (χ4v) is 3.55. The number of amides is 3. The average molecular weight is 434 g/mol. The largest absolute Gasteiger partial charge is 0.480 e. The smallest absolute Gasteiger partial charge is 0.326 e. The Morgan fingerprint density at radius 2 is 1.87 bits per heavy atom. The highest BCUT2D eigenvalue weighted by Crippen LogP contribution is 2.21. The van der Waals surface area contributed by atoms with E-state index in [1.807, 2.05) is 37.3 Å². The molecule has 1 aliphatic heterocycles. The van der Waals surface area contributed by atoms with Gasteiger partial charge in [0, 0.05) is 13.1 Å². The number of carboxylic acids is 1. The number of nitrogens with zero attached hydrogens (tertiary/aromatic N) is 1. The fourth-order valence-electron chi connectivity index (χ4n) is 3.55. The van der Waals surface area contributed by atoms with Gasteiger partial charge in [-0.25, -0.2) is 4.79 Å². The first-order valence-corrected chi connectivity index (χ1v) is 10.6. The van der Waals surface area contributed by atoms with Crippen LogP contribution in [0.5, 0.6) is 0 Å². The minimum absolute atomic E-state index is 0.220. The van der Waals surface area contributed by atoms with Gasteiger partial charge in [0.05, 0.1) is 6.42 Å². The summed E-state index contributed by atoms with van der Waals surface area (Å²) in [6.07, 6.45) is -0.506. The van der Waals surface area contributed by atoms with Crippen molar-refractivity contribution in [3.05, 3.63) is 35.9 Å². The van der Waals surface area contributed by atoms with Crippen LogP contribution in [-0.2, 0) is 25.7 Å². The van der Waals surface area contributed by atoms with E-state index in [0.29, 0.717) is 25.8 Å². The van der Waals surface area contributed by atoms with Gasteiger partial charge in [0.2, 0.25) is 17.7 Å². The highest BCUT2D eigenvalue weighted by atomic mass is 16.4. The number of aliphatic carboxylic acids is 1. The number of carbonyl (C=O) groups is 4. The van der Waals surface area contributed by atoms with Crippen LogP contribution in [0, 0.1) is 5.92 Å². The molecule has 31 heavy (non-hydrogen) atoms. The molecular formula is C22H31N3O6. The van der Waals surface area contributed by atoms with Gasteiger partial charge in [-0.1, -0.05) is 50.6 Å². The zero-order valence-corrected chi connectivity index (χ0v) is 17.9.